The molecule has 0 aromatic rings. The van der Waals surface area contributed by atoms with Gasteiger partial charge in [0.25, 0.3) is 0 Å². The molecule has 0 spiro atoms. The van der Waals surface area contributed by atoms with Crippen LogP contribution < -0.4 is 56.5 Å². The molecule has 0 radical (unpaired) electrons. The van der Waals surface area contributed by atoms with E-state index >= 15 is 0 Å². The maximum absolute atomic E-state index is 10.1. The molecule has 0 fully saturated rings. The predicted octanol–water partition coefficient (Wildman–Crippen LogP) is -2.42. The third-order valence-electron chi connectivity index (χ3n) is 2.73. The molecule has 0 aromatic carbocycles. The van der Waals surface area contributed by atoms with Gasteiger partial charge in [-0.05, 0) is 12.8 Å². The van der Waals surface area contributed by atoms with Gasteiger partial charge >= 0.3 is 51.4 Å². The van der Waals surface area contributed by atoms with Crippen molar-refractivity contribution >= 4 is 5.97 Å². The zero-order valence-corrected chi connectivity index (χ0v) is 15.7. The number of rotatable bonds is 11. The molecular formula is C13H31KO5. The van der Waals surface area contributed by atoms with Crippen LogP contribution in [0.3, 0.4) is 0 Å². The maximum Gasteiger partial charge on any atom is 1.00 e. The van der Waals surface area contributed by atoms with Crippen molar-refractivity contribution in [2.24, 2.45) is 0 Å². The molecule has 0 unspecified atom stereocenters. The SMILES string of the molecule is CCCCCCCCCCCCC(=O)[O-].O.O.O.[K+]. The molecule has 0 rings (SSSR count). The molecule has 6 N–H and O–H groups in total. The van der Waals surface area contributed by atoms with E-state index in [1.165, 1.54) is 51.4 Å². The third kappa shape index (κ3) is 32.5. The number of unbranched alkanes of at least 4 members (excludes halogenated alkanes) is 9. The topological polar surface area (TPSA) is 135 Å². The summed E-state index contributed by atoms with van der Waals surface area (Å²) in [7, 11) is 0. The summed E-state index contributed by atoms with van der Waals surface area (Å²) in [6.07, 6.45) is 12.6. The van der Waals surface area contributed by atoms with Gasteiger partial charge in [-0.15, -0.1) is 0 Å². The Morgan fingerprint density at radius 1 is 0.737 bits per heavy atom. The Morgan fingerprint density at radius 3 is 1.37 bits per heavy atom. The van der Waals surface area contributed by atoms with Gasteiger partial charge in [0.1, 0.15) is 0 Å². The van der Waals surface area contributed by atoms with Crippen LogP contribution in [0.5, 0.6) is 0 Å². The first-order chi connectivity index (χ1) is 7.27. The number of hydrogen-bond acceptors (Lipinski definition) is 2. The molecule has 19 heavy (non-hydrogen) atoms. The number of carbonyl (C=O) groups excluding carboxylic acids is 1. The average Bonchev–Trinajstić information content (AvgIpc) is 2.20. The largest absolute Gasteiger partial charge is 1.00 e. The number of aliphatic carboxylic acids is 1. The predicted molar refractivity (Wildman–Crippen MR) is 72.3 cm³/mol. The summed E-state index contributed by atoms with van der Waals surface area (Å²) in [5, 5.41) is 10.1. The van der Waals surface area contributed by atoms with Gasteiger partial charge in [-0.3, -0.25) is 0 Å². The molecule has 6 heteroatoms. The second-order valence-corrected chi connectivity index (χ2v) is 4.30. The van der Waals surface area contributed by atoms with Crippen LogP contribution >= 0.6 is 0 Å². The molecular weight excluding hydrogens is 275 g/mol. The monoisotopic (exact) mass is 306 g/mol. The third-order valence-corrected chi connectivity index (χ3v) is 2.73. The van der Waals surface area contributed by atoms with Crippen LogP contribution in [-0.4, -0.2) is 22.4 Å². The molecule has 0 aliphatic carbocycles. The summed E-state index contributed by atoms with van der Waals surface area (Å²) in [5.74, 6) is -0.908. The minimum Gasteiger partial charge on any atom is -0.550 e. The summed E-state index contributed by atoms with van der Waals surface area (Å²) < 4.78 is 0. The van der Waals surface area contributed by atoms with Gasteiger partial charge in [0.05, 0.1) is 0 Å². The van der Waals surface area contributed by atoms with E-state index in [1.807, 2.05) is 0 Å². The second-order valence-electron chi connectivity index (χ2n) is 4.30. The molecule has 0 aliphatic rings. The first kappa shape index (κ1) is 32.1. The molecule has 114 valence electrons. The smallest absolute Gasteiger partial charge is 0.550 e. The second kappa shape index (κ2) is 27.3. The molecule has 0 amide bonds. The van der Waals surface area contributed by atoms with Crippen molar-refractivity contribution in [1.29, 1.82) is 0 Å². The number of carboxylic acid groups (broad SMARTS) is 1. The fraction of sp³-hybridized carbons (Fsp3) is 0.923. The van der Waals surface area contributed by atoms with E-state index in [2.05, 4.69) is 6.92 Å². The minimum absolute atomic E-state index is 0. The Morgan fingerprint density at radius 2 is 1.05 bits per heavy atom. The van der Waals surface area contributed by atoms with Gasteiger partial charge in [-0.25, -0.2) is 0 Å². The summed E-state index contributed by atoms with van der Waals surface area (Å²) in [6.45, 7) is 2.23. The first-order valence-electron chi connectivity index (χ1n) is 6.47. The van der Waals surface area contributed by atoms with Gasteiger partial charge in [0.15, 0.2) is 0 Å². The van der Waals surface area contributed by atoms with E-state index in [9.17, 15) is 9.90 Å². The van der Waals surface area contributed by atoms with Gasteiger partial charge in [0.2, 0.25) is 0 Å². The summed E-state index contributed by atoms with van der Waals surface area (Å²) in [4.78, 5) is 10.1. The number of hydrogen-bond donors (Lipinski definition) is 0. The molecule has 0 aliphatic heterocycles. The van der Waals surface area contributed by atoms with Crippen LogP contribution in [0.2, 0.25) is 0 Å². The zero-order chi connectivity index (χ0) is 11.4. The van der Waals surface area contributed by atoms with Crippen molar-refractivity contribution in [1.82, 2.24) is 0 Å². The quantitative estimate of drug-likeness (QED) is 0.310. The van der Waals surface area contributed by atoms with Crippen molar-refractivity contribution < 1.29 is 77.7 Å². The van der Waals surface area contributed by atoms with Gasteiger partial charge in [-0.1, -0.05) is 64.7 Å². The summed E-state index contributed by atoms with van der Waals surface area (Å²) >= 11 is 0. The molecule has 0 atom stereocenters. The first-order valence-corrected chi connectivity index (χ1v) is 6.47. The fourth-order valence-corrected chi connectivity index (χ4v) is 1.76. The van der Waals surface area contributed by atoms with Gasteiger partial charge in [0, 0.05) is 5.97 Å². The van der Waals surface area contributed by atoms with E-state index < -0.39 is 5.97 Å². The van der Waals surface area contributed by atoms with Crippen LogP contribution in [0.1, 0.15) is 77.6 Å². The Kier molecular flexibility index (Phi) is 46.2. The van der Waals surface area contributed by atoms with Crippen LogP contribution in [0.4, 0.5) is 0 Å². The maximum atomic E-state index is 10.1. The average molecular weight is 306 g/mol. The Labute approximate surface area is 159 Å². The molecule has 5 nitrogen and oxygen atoms in total. The van der Waals surface area contributed by atoms with E-state index in [0.717, 1.165) is 12.8 Å². The summed E-state index contributed by atoms with van der Waals surface area (Å²) in [6, 6.07) is 0. The van der Waals surface area contributed by atoms with Crippen molar-refractivity contribution in [3.63, 3.8) is 0 Å². The molecule has 0 heterocycles. The fourth-order valence-electron chi connectivity index (χ4n) is 1.76. The van der Waals surface area contributed by atoms with Gasteiger partial charge < -0.3 is 26.3 Å². The molecule has 0 saturated heterocycles. The van der Waals surface area contributed by atoms with Crippen LogP contribution in [0.25, 0.3) is 0 Å². The van der Waals surface area contributed by atoms with Crippen molar-refractivity contribution in [3.05, 3.63) is 0 Å². The zero-order valence-electron chi connectivity index (χ0n) is 12.6. The Balaban J connectivity index is -0.000000163. The summed E-state index contributed by atoms with van der Waals surface area (Å²) in [5.41, 5.74) is 0. The van der Waals surface area contributed by atoms with Crippen molar-refractivity contribution in [2.75, 3.05) is 0 Å². The van der Waals surface area contributed by atoms with Crippen molar-refractivity contribution in [3.8, 4) is 0 Å². The minimum atomic E-state index is -0.908. The van der Waals surface area contributed by atoms with E-state index in [0.29, 0.717) is 0 Å². The van der Waals surface area contributed by atoms with E-state index in [1.54, 1.807) is 0 Å². The Hall–Kier alpha value is 0.986. The molecule has 0 bridgehead atoms. The number of carbonyl (C=O) groups is 1. The van der Waals surface area contributed by atoms with Crippen molar-refractivity contribution in [2.45, 2.75) is 77.6 Å². The van der Waals surface area contributed by atoms with E-state index in [4.69, 9.17) is 0 Å². The molecule has 0 aromatic heterocycles. The molecule has 0 saturated carbocycles. The normalized spacial score (nSPS) is 8.26. The standard InChI is InChI=1S/C13H26O2.K.3H2O/c1-2-3-4-5-6-7-8-9-10-11-12-13(14)15;;;;/h2-12H2,1H3,(H,14,15);;3*1H2/q;+1;;;/p-1. The number of carboxylic acids is 1. The van der Waals surface area contributed by atoms with Crippen LogP contribution in [0, 0.1) is 0 Å². The van der Waals surface area contributed by atoms with Gasteiger partial charge in [-0.2, -0.15) is 0 Å². The van der Waals surface area contributed by atoms with Crippen LogP contribution in [-0.2, 0) is 4.79 Å². The Bertz CT molecular complexity index is 156. The van der Waals surface area contributed by atoms with E-state index in [-0.39, 0.29) is 74.2 Å². The van der Waals surface area contributed by atoms with Crippen LogP contribution in [0.15, 0.2) is 0 Å².